The van der Waals surface area contributed by atoms with Crippen molar-refractivity contribution in [1.29, 1.82) is 0 Å². The smallest absolute Gasteiger partial charge is 0.127 e. The van der Waals surface area contributed by atoms with E-state index in [9.17, 15) is 0 Å². The van der Waals surface area contributed by atoms with Crippen molar-refractivity contribution in [2.24, 2.45) is 0 Å². The fourth-order valence-electron chi connectivity index (χ4n) is 1.32. The third-order valence-electron chi connectivity index (χ3n) is 2.42. The molecular formula is C6H14Br6Si3. The summed E-state index contributed by atoms with van der Waals surface area (Å²) in [5, 5.41) is 0. The summed E-state index contributed by atoms with van der Waals surface area (Å²) in [6.07, 6.45) is 0. The maximum atomic E-state index is 4.12. The van der Waals surface area contributed by atoms with Gasteiger partial charge in [0.2, 0.25) is 4.83 Å². The lowest BCUT2D eigenvalue weighted by atomic mass is 10.6. The topological polar surface area (TPSA) is 0 Å². The molecule has 0 aromatic heterocycles. The Hall–Kier alpha value is 3.53. The molecule has 0 spiro atoms. The molecule has 0 nitrogen and oxygen atoms in total. The quantitative estimate of drug-likeness (QED) is 0.236. The average molecular weight is 650 g/mol. The molecule has 0 N–H and O–H groups in total. The SMILES string of the molecule is CC(C)[Si](Br)(Br)[Si](Br)(C(C)C)[Si](Br)(Br)Br. The molecule has 92 valence electrons. The summed E-state index contributed by atoms with van der Waals surface area (Å²) in [5.41, 5.74) is -0.353. The molecule has 0 heterocycles. The van der Waals surface area contributed by atoms with Gasteiger partial charge in [-0.1, -0.05) is 73.6 Å². The largest absolute Gasteiger partial charge is 0.266 e. The predicted molar refractivity (Wildman–Crippen MR) is 101 cm³/mol. The molecule has 0 aliphatic carbocycles. The van der Waals surface area contributed by atoms with Gasteiger partial charge >= 0.3 is 0 Å². The fourth-order valence-corrected chi connectivity index (χ4v) is 127. The van der Waals surface area contributed by atoms with Gasteiger partial charge in [-0.3, -0.25) is 0 Å². The summed E-state index contributed by atoms with van der Waals surface area (Å²) in [5.74, 6) is 0. The number of hydrogen-bond acceptors (Lipinski definition) is 0. The highest BCUT2D eigenvalue weighted by atomic mass is 80.0. The molecule has 1 atom stereocenters. The summed E-state index contributed by atoms with van der Waals surface area (Å²) >= 11 is 23.8. The predicted octanol–water partition coefficient (Wildman–Crippen LogP) is 6.66. The van der Waals surface area contributed by atoms with Gasteiger partial charge < -0.3 is 0 Å². The van der Waals surface area contributed by atoms with Crippen molar-refractivity contribution in [1.82, 2.24) is 0 Å². The number of rotatable bonds is 4. The Morgan fingerprint density at radius 2 is 1.00 bits per heavy atom. The van der Waals surface area contributed by atoms with Crippen molar-refractivity contribution in [2.75, 3.05) is 0 Å². The molecule has 0 saturated heterocycles. The van der Waals surface area contributed by atoms with Crippen molar-refractivity contribution >= 4 is 106 Å². The van der Waals surface area contributed by atoms with Crippen molar-refractivity contribution < 1.29 is 0 Å². The molecule has 0 aliphatic rings. The van der Waals surface area contributed by atoms with Gasteiger partial charge in [-0.15, -0.1) is 45.9 Å². The first-order chi connectivity index (χ1) is 6.39. The minimum atomic E-state index is -1.71. The summed E-state index contributed by atoms with van der Waals surface area (Å²) in [4.78, 5) is -1.63. The van der Waals surface area contributed by atoms with Crippen molar-refractivity contribution in [3.63, 3.8) is 0 Å². The molecule has 0 saturated carbocycles. The lowest BCUT2D eigenvalue weighted by Crippen LogP contribution is -2.65. The second-order valence-corrected chi connectivity index (χ2v) is 71.1. The Kier molecular flexibility index (Phi) is 7.81. The second-order valence-electron chi connectivity index (χ2n) is 4.14. The van der Waals surface area contributed by atoms with Crippen LogP contribution < -0.4 is 0 Å². The lowest BCUT2D eigenvalue weighted by molar-refractivity contribution is 1.04. The highest BCUT2D eigenvalue weighted by molar-refractivity contribution is 9.78. The van der Waals surface area contributed by atoms with Crippen LogP contribution in [-0.4, -0.2) is 14.0 Å². The molecule has 0 aromatic rings. The molecule has 9 heteroatoms. The highest BCUT2D eigenvalue weighted by Crippen LogP contribution is 2.58. The van der Waals surface area contributed by atoms with Crippen LogP contribution in [-0.2, 0) is 0 Å². The lowest BCUT2D eigenvalue weighted by Gasteiger charge is -2.45. The van der Waals surface area contributed by atoms with E-state index in [0.29, 0.717) is 11.1 Å². The van der Waals surface area contributed by atoms with E-state index < -0.39 is 14.0 Å². The first-order valence-corrected chi connectivity index (χ1v) is 26.2. The van der Waals surface area contributed by atoms with Crippen LogP contribution in [0, 0.1) is 0 Å². The zero-order chi connectivity index (χ0) is 12.7. The first-order valence-electron chi connectivity index (χ1n) is 4.52. The maximum absolute atomic E-state index is 4.12. The molecule has 0 bridgehead atoms. The molecular weight excluding hydrogens is 636 g/mol. The minimum Gasteiger partial charge on any atom is -0.127 e. The van der Waals surface area contributed by atoms with Crippen LogP contribution in [0.1, 0.15) is 27.7 Å². The monoisotopic (exact) mass is 644 g/mol. The first kappa shape index (κ1) is 18.5. The van der Waals surface area contributed by atoms with Crippen LogP contribution in [0.4, 0.5) is 0 Å². The van der Waals surface area contributed by atoms with Gasteiger partial charge in [0.25, 0.3) is 3.45 Å². The Morgan fingerprint density at radius 3 is 1.07 bits per heavy atom. The standard InChI is InChI=1S/C6H14Br6Si3/c1-5(2)13(7,8)14(9,6(3)4)15(10,11)12/h5-6H,1-4H3. The van der Waals surface area contributed by atoms with Gasteiger partial charge in [0.05, 0.1) is 0 Å². The van der Waals surface area contributed by atoms with E-state index in [-0.39, 0.29) is 0 Å². The third-order valence-corrected chi connectivity index (χ3v) is 113. The second kappa shape index (κ2) is 6.32. The zero-order valence-electron chi connectivity index (χ0n) is 8.92. The van der Waals surface area contributed by atoms with E-state index in [2.05, 4.69) is 119 Å². The Balaban J connectivity index is 5.51. The van der Waals surface area contributed by atoms with Crippen LogP contribution in [0.3, 0.4) is 0 Å². The van der Waals surface area contributed by atoms with Crippen LogP contribution in [0.5, 0.6) is 0 Å². The van der Waals surface area contributed by atoms with Crippen molar-refractivity contribution in [3.05, 3.63) is 0 Å². The maximum Gasteiger partial charge on any atom is 0.266 e. The molecule has 0 amide bonds. The van der Waals surface area contributed by atoms with E-state index in [1.54, 1.807) is 0 Å². The van der Waals surface area contributed by atoms with E-state index >= 15 is 0 Å². The normalized spacial score (nSPS) is 18.4. The highest BCUT2D eigenvalue weighted by Gasteiger charge is 2.66. The van der Waals surface area contributed by atoms with Crippen LogP contribution >= 0.6 is 91.8 Å². The molecule has 0 fully saturated rings. The van der Waals surface area contributed by atoms with E-state index in [1.807, 2.05) is 0 Å². The minimum absolute atomic E-state index is 0.644. The summed E-state index contributed by atoms with van der Waals surface area (Å²) in [6, 6.07) is 0. The Labute approximate surface area is 142 Å². The van der Waals surface area contributed by atoms with Crippen LogP contribution in [0.15, 0.2) is 0 Å². The molecule has 0 aliphatic heterocycles. The Bertz CT molecular complexity index is 225. The summed E-state index contributed by atoms with van der Waals surface area (Å²) < 4.78 is -1.71. The summed E-state index contributed by atoms with van der Waals surface area (Å²) in [7, 11) is 0. The van der Waals surface area contributed by atoms with Crippen molar-refractivity contribution in [2.45, 2.75) is 38.8 Å². The van der Waals surface area contributed by atoms with Gasteiger partial charge in [0.15, 0.2) is 5.73 Å². The molecule has 0 aromatic carbocycles. The van der Waals surface area contributed by atoms with Gasteiger partial charge in [0.1, 0.15) is 0 Å². The molecule has 0 radical (unpaired) electrons. The Morgan fingerprint density at radius 1 is 0.667 bits per heavy atom. The molecule has 15 heavy (non-hydrogen) atoms. The van der Waals surface area contributed by atoms with Crippen molar-refractivity contribution in [3.8, 4) is 0 Å². The van der Waals surface area contributed by atoms with Gasteiger partial charge in [-0.05, 0) is 11.1 Å². The fraction of sp³-hybridized carbons (Fsp3) is 1.00. The zero-order valence-corrected chi connectivity index (χ0v) is 21.4. The number of halogens is 6. The molecule has 0 rings (SSSR count). The van der Waals surface area contributed by atoms with E-state index in [0.717, 1.165) is 0 Å². The molecule has 1 unspecified atom stereocenters. The van der Waals surface area contributed by atoms with Gasteiger partial charge in [-0.25, -0.2) is 0 Å². The van der Waals surface area contributed by atoms with Crippen LogP contribution in [0.2, 0.25) is 11.1 Å². The number of hydrogen-bond donors (Lipinski definition) is 0. The van der Waals surface area contributed by atoms with Crippen LogP contribution in [0.25, 0.3) is 0 Å². The summed E-state index contributed by atoms with van der Waals surface area (Å²) in [6.45, 7) is 9.18. The third kappa shape index (κ3) is 3.76. The van der Waals surface area contributed by atoms with E-state index in [4.69, 9.17) is 0 Å². The van der Waals surface area contributed by atoms with E-state index in [1.165, 1.54) is 0 Å². The average Bonchev–Trinajstić information content (AvgIpc) is 1.99. The van der Waals surface area contributed by atoms with Gasteiger partial charge in [0, 0.05) is 0 Å². The van der Waals surface area contributed by atoms with Gasteiger partial charge in [-0.2, -0.15) is 0 Å².